The number of allylic oxidation sites excluding steroid dienone is 2. The van der Waals surface area contributed by atoms with Crippen LogP contribution in [0.3, 0.4) is 0 Å². The van der Waals surface area contributed by atoms with Gasteiger partial charge in [0.25, 0.3) is 0 Å². The third-order valence-corrected chi connectivity index (χ3v) is 5.28. The van der Waals surface area contributed by atoms with Gasteiger partial charge in [0.1, 0.15) is 29.1 Å². The first kappa shape index (κ1) is 32.6. The maximum Gasteiger partial charge on any atom is 0.341 e. The summed E-state index contributed by atoms with van der Waals surface area (Å²) in [7, 11) is 1.53. The van der Waals surface area contributed by atoms with Crippen LogP contribution in [0.25, 0.3) is 11.1 Å². The number of hydrogen-bond acceptors (Lipinski definition) is 7. The molecule has 0 spiro atoms. The van der Waals surface area contributed by atoms with Gasteiger partial charge in [-0.2, -0.15) is 0 Å². The number of unbranched alkanes of at least 4 members (excludes halogenated alkanes) is 4. The largest absolute Gasteiger partial charge is 0.496 e. The maximum absolute atomic E-state index is 12.7. The molecule has 0 aliphatic heterocycles. The van der Waals surface area contributed by atoms with E-state index in [9.17, 15) is 9.59 Å². The van der Waals surface area contributed by atoms with E-state index < -0.39 is 5.97 Å². The molecular weight excluding hydrogens is 496 g/mol. The molecule has 0 saturated heterocycles. The quantitative estimate of drug-likeness (QED) is 0.0570. The SMILES string of the molecule is C=CC(=C)Oc1ccc(-c2ccc(OC)c(C(=O)OCCCCCCCOC(=O)C(=C)C)c2)cc1.C=CC=O. The third kappa shape index (κ3) is 12.6. The fourth-order valence-electron chi connectivity index (χ4n) is 3.22. The monoisotopic (exact) mass is 534 g/mol. The van der Waals surface area contributed by atoms with Gasteiger partial charge in [-0.25, -0.2) is 9.59 Å². The molecule has 0 heterocycles. The van der Waals surface area contributed by atoms with E-state index in [-0.39, 0.29) is 5.97 Å². The smallest absolute Gasteiger partial charge is 0.341 e. The zero-order chi connectivity index (χ0) is 29.0. The highest BCUT2D eigenvalue weighted by molar-refractivity contribution is 5.94. The van der Waals surface area contributed by atoms with Gasteiger partial charge in [0.05, 0.1) is 20.3 Å². The van der Waals surface area contributed by atoms with Crippen LogP contribution >= 0.6 is 0 Å². The average molecular weight is 535 g/mol. The number of aldehydes is 1. The average Bonchev–Trinajstić information content (AvgIpc) is 2.96. The lowest BCUT2D eigenvalue weighted by molar-refractivity contribution is -0.139. The lowest BCUT2D eigenvalue weighted by atomic mass is 10.0. The minimum absolute atomic E-state index is 0.329. The van der Waals surface area contributed by atoms with Gasteiger partial charge in [-0.1, -0.05) is 63.8 Å². The highest BCUT2D eigenvalue weighted by Crippen LogP contribution is 2.29. The maximum atomic E-state index is 12.7. The van der Waals surface area contributed by atoms with E-state index >= 15 is 0 Å². The van der Waals surface area contributed by atoms with Gasteiger partial charge in [0, 0.05) is 5.57 Å². The first-order valence-corrected chi connectivity index (χ1v) is 12.6. The highest BCUT2D eigenvalue weighted by atomic mass is 16.5. The van der Waals surface area contributed by atoms with E-state index in [1.807, 2.05) is 30.3 Å². The molecule has 0 unspecified atom stereocenters. The number of esters is 2. The summed E-state index contributed by atoms with van der Waals surface area (Å²) in [5.74, 6) is 0.816. The van der Waals surface area contributed by atoms with Crippen molar-refractivity contribution in [2.24, 2.45) is 0 Å². The summed E-state index contributed by atoms with van der Waals surface area (Å²) in [6, 6.07) is 12.9. The van der Waals surface area contributed by atoms with Crippen molar-refractivity contribution < 1.29 is 33.3 Å². The summed E-state index contributed by atoms with van der Waals surface area (Å²) in [5, 5.41) is 0. The number of ether oxygens (including phenoxy) is 4. The second-order valence-electron chi connectivity index (χ2n) is 8.40. The molecule has 0 bridgehead atoms. The molecule has 0 saturated carbocycles. The second kappa shape index (κ2) is 18.8. The molecule has 39 heavy (non-hydrogen) atoms. The predicted molar refractivity (Wildman–Crippen MR) is 154 cm³/mol. The second-order valence-corrected chi connectivity index (χ2v) is 8.40. The molecule has 7 heteroatoms. The minimum atomic E-state index is -0.419. The lowest BCUT2D eigenvalue weighted by Crippen LogP contribution is -2.08. The highest BCUT2D eigenvalue weighted by Gasteiger charge is 2.15. The Bertz CT molecular complexity index is 1120. The van der Waals surface area contributed by atoms with Gasteiger partial charge in [0.15, 0.2) is 0 Å². The molecule has 0 aromatic heterocycles. The van der Waals surface area contributed by atoms with E-state index in [1.54, 1.807) is 25.1 Å². The Balaban J connectivity index is 0.00000177. The fraction of sp³-hybridized carbons (Fsp3) is 0.281. The molecule has 0 N–H and O–H groups in total. The Hall–Kier alpha value is -4.39. The predicted octanol–water partition coefficient (Wildman–Crippen LogP) is 7.04. The summed E-state index contributed by atoms with van der Waals surface area (Å²) in [5.41, 5.74) is 2.57. The van der Waals surface area contributed by atoms with Crippen LogP contribution in [0, 0.1) is 0 Å². The lowest BCUT2D eigenvalue weighted by Gasteiger charge is -2.12. The normalized spacial score (nSPS) is 9.69. The molecule has 0 aliphatic carbocycles. The number of methoxy groups -OCH3 is 1. The van der Waals surface area contributed by atoms with Crippen molar-refractivity contribution in [2.75, 3.05) is 20.3 Å². The van der Waals surface area contributed by atoms with Crippen LogP contribution in [0.4, 0.5) is 0 Å². The van der Waals surface area contributed by atoms with Crippen molar-refractivity contribution in [1.29, 1.82) is 0 Å². The van der Waals surface area contributed by atoms with Gasteiger partial charge in [0.2, 0.25) is 0 Å². The Kier molecular flexibility index (Phi) is 15.7. The van der Waals surface area contributed by atoms with Gasteiger partial charge in [-0.05, 0) is 67.3 Å². The Morgan fingerprint density at radius 2 is 1.41 bits per heavy atom. The summed E-state index contributed by atoms with van der Waals surface area (Å²) in [6.07, 6.45) is 7.78. The standard InChI is InChI=1S/C29H34O6.C3H4O/c1-6-22(4)35-25-15-12-23(13-16-25)24-14-17-27(32-5)26(20-24)29(31)34-19-11-9-7-8-10-18-33-28(30)21(2)3;1-2-3-4/h6,12-17,20H,1-2,4,7-11,18-19H2,3,5H3;2-3H,1H2. The first-order valence-electron chi connectivity index (χ1n) is 12.6. The topological polar surface area (TPSA) is 88.1 Å². The van der Waals surface area contributed by atoms with Crippen molar-refractivity contribution >= 4 is 18.2 Å². The number of hydrogen-bond donors (Lipinski definition) is 0. The molecule has 0 radical (unpaired) electrons. The van der Waals surface area contributed by atoms with Crippen LogP contribution in [-0.2, 0) is 19.1 Å². The van der Waals surface area contributed by atoms with Crippen LogP contribution in [-0.4, -0.2) is 38.5 Å². The molecular formula is C32H38O7. The van der Waals surface area contributed by atoms with Crippen molar-refractivity contribution in [3.05, 3.63) is 97.8 Å². The van der Waals surface area contributed by atoms with Crippen LogP contribution in [0.5, 0.6) is 11.5 Å². The molecule has 7 nitrogen and oxygen atoms in total. The van der Waals surface area contributed by atoms with Gasteiger partial charge < -0.3 is 18.9 Å². The first-order chi connectivity index (χ1) is 18.8. The third-order valence-electron chi connectivity index (χ3n) is 5.28. The van der Waals surface area contributed by atoms with Crippen LogP contribution in [0.2, 0.25) is 0 Å². The van der Waals surface area contributed by atoms with Gasteiger partial charge in [-0.3, -0.25) is 4.79 Å². The van der Waals surface area contributed by atoms with Gasteiger partial charge >= 0.3 is 11.9 Å². The molecule has 2 aromatic carbocycles. The summed E-state index contributed by atoms with van der Waals surface area (Å²) >= 11 is 0. The van der Waals surface area contributed by atoms with Crippen molar-refractivity contribution in [1.82, 2.24) is 0 Å². The van der Waals surface area contributed by atoms with Crippen molar-refractivity contribution in [3.8, 4) is 22.6 Å². The number of carbonyl (C=O) groups excluding carboxylic acids is 3. The molecule has 0 fully saturated rings. The molecule has 2 aromatic rings. The van der Waals surface area contributed by atoms with E-state index in [4.69, 9.17) is 23.7 Å². The Morgan fingerprint density at radius 3 is 1.95 bits per heavy atom. The zero-order valence-corrected chi connectivity index (χ0v) is 22.9. The molecule has 0 atom stereocenters. The van der Waals surface area contributed by atoms with Crippen molar-refractivity contribution in [3.63, 3.8) is 0 Å². The Morgan fingerprint density at radius 1 is 0.846 bits per heavy atom. The molecule has 208 valence electrons. The zero-order valence-electron chi connectivity index (χ0n) is 22.9. The number of rotatable bonds is 16. The van der Waals surface area contributed by atoms with E-state index in [1.165, 1.54) is 13.2 Å². The molecule has 2 rings (SSSR count). The van der Waals surface area contributed by atoms with E-state index in [0.717, 1.165) is 43.2 Å². The van der Waals surface area contributed by atoms with E-state index in [0.29, 0.717) is 47.9 Å². The molecule has 0 aliphatic rings. The van der Waals surface area contributed by atoms with Gasteiger partial charge in [-0.15, -0.1) is 0 Å². The van der Waals surface area contributed by atoms with Crippen LogP contribution < -0.4 is 9.47 Å². The van der Waals surface area contributed by atoms with E-state index in [2.05, 4.69) is 26.3 Å². The number of benzene rings is 2. The van der Waals surface area contributed by atoms with Crippen LogP contribution in [0.15, 0.2) is 92.3 Å². The fourth-order valence-corrected chi connectivity index (χ4v) is 3.22. The summed E-state index contributed by atoms with van der Waals surface area (Å²) in [6.45, 7) is 16.4. The van der Waals surface area contributed by atoms with Crippen molar-refractivity contribution in [2.45, 2.75) is 39.0 Å². The Labute approximate surface area is 231 Å². The summed E-state index contributed by atoms with van der Waals surface area (Å²) < 4.78 is 21.5. The minimum Gasteiger partial charge on any atom is -0.496 e. The van der Waals surface area contributed by atoms with Crippen LogP contribution in [0.1, 0.15) is 49.4 Å². The molecule has 0 amide bonds. The summed E-state index contributed by atoms with van der Waals surface area (Å²) in [4.78, 5) is 33.1. The number of carbonyl (C=O) groups is 3.